The molecule has 1 aliphatic carbocycles. The predicted octanol–water partition coefficient (Wildman–Crippen LogP) is 3.09. The molecule has 0 saturated carbocycles. The minimum atomic E-state index is -0.123. The molecule has 1 aliphatic rings. The normalized spacial score (nSPS) is 14.5. The summed E-state index contributed by atoms with van der Waals surface area (Å²) in [5, 5.41) is 3.05. The average Bonchev–Trinajstić information content (AvgIpc) is 2.94. The van der Waals surface area contributed by atoms with E-state index in [9.17, 15) is 9.59 Å². The fourth-order valence-electron chi connectivity index (χ4n) is 2.94. The van der Waals surface area contributed by atoms with Gasteiger partial charge in [0, 0.05) is 29.9 Å². The molecule has 0 saturated heterocycles. The Morgan fingerprint density at radius 3 is 2.86 bits per heavy atom. The van der Waals surface area contributed by atoms with Gasteiger partial charge in [-0.1, -0.05) is 25.1 Å². The highest BCUT2D eigenvalue weighted by molar-refractivity contribution is 6.05. The fraction of sp³-hybridized carbons (Fsp3) is 0.278. The van der Waals surface area contributed by atoms with E-state index < -0.39 is 0 Å². The van der Waals surface area contributed by atoms with E-state index in [0.29, 0.717) is 24.0 Å². The molecule has 0 radical (unpaired) electrons. The molecule has 4 heteroatoms. The first-order valence-corrected chi connectivity index (χ1v) is 7.56. The zero-order valence-corrected chi connectivity index (χ0v) is 12.5. The van der Waals surface area contributed by atoms with Crippen LogP contribution in [0.25, 0.3) is 0 Å². The first kappa shape index (κ1) is 14.4. The molecule has 22 heavy (non-hydrogen) atoms. The highest BCUT2D eigenvalue weighted by Gasteiger charge is 2.25. The number of Topliss-reactive ketones (excluding diaryl/α,β-unsaturated/α-hetero) is 1. The molecule has 1 aromatic heterocycles. The number of benzene rings is 1. The molecule has 1 atom stereocenters. The number of rotatable bonds is 4. The molecule has 0 spiro atoms. The van der Waals surface area contributed by atoms with Crippen molar-refractivity contribution in [1.82, 2.24) is 10.3 Å². The smallest absolute Gasteiger partial charge is 0.252 e. The third-order valence-corrected chi connectivity index (χ3v) is 4.12. The van der Waals surface area contributed by atoms with Crippen LogP contribution in [0.5, 0.6) is 0 Å². The van der Waals surface area contributed by atoms with Crippen LogP contribution in [-0.2, 0) is 6.42 Å². The van der Waals surface area contributed by atoms with Gasteiger partial charge in [0.2, 0.25) is 0 Å². The highest BCUT2D eigenvalue weighted by Crippen LogP contribution is 2.26. The number of fused-ring (bicyclic) bond motifs is 1. The number of pyridine rings is 1. The van der Waals surface area contributed by atoms with E-state index >= 15 is 0 Å². The Morgan fingerprint density at radius 1 is 1.27 bits per heavy atom. The quantitative estimate of drug-likeness (QED) is 0.942. The van der Waals surface area contributed by atoms with E-state index in [1.54, 1.807) is 30.6 Å². The third-order valence-electron chi connectivity index (χ3n) is 4.12. The Balaban J connectivity index is 1.85. The lowest BCUT2D eigenvalue weighted by Gasteiger charge is -2.18. The second-order valence-corrected chi connectivity index (χ2v) is 5.48. The summed E-state index contributed by atoms with van der Waals surface area (Å²) < 4.78 is 0. The number of nitrogens with zero attached hydrogens (tertiary/aromatic N) is 1. The van der Waals surface area contributed by atoms with Gasteiger partial charge in [-0.3, -0.25) is 14.6 Å². The summed E-state index contributed by atoms with van der Waals surface area (Å²) in [7, 11) is 0. The summed E-state index contributed by atoms with van der Waals surface area (Å²) >= 11 is 0. The average molecular weight is 294 g/mol. The van der Waals surface area contributed by atoms with E-state index in [4.69, 9.17) is 0 Å². The minimum absolute atomic E-state index is 0.0749. The summed E-state index contributed by atoms with van der Waals surface area (Å²) in [6.45, 7) is 2.02. The van der Waals surface area contributed by atoms with Crippen LogP contribution in [0.4, 0.5) is 0 Å². The summed E-state index contributed by atoms with van der Waals surface area (Å²) in [4.78, 5) is 28.5. The Morgan fingerprint density at radius 2 is 2.14 bits per heavy atom. The monoisotopic (exact) mass is 294 g/mol. The van der Waals surface area contributed by atoms with Crippen LogP contribution in [0.3, 0.4) is 0 Å². The van der Waals surface area contributed by atoms with Crippen molar-refractivity contribution in [2.45, 2.75) is 32.2 Å². The van der Waals surface area contributed by atoms with Crippen LogP contribution < -0.4 is 5.32 Å². The molecular weight excluding hydrogens is 276 g/mol. The van der Waals surface area contributed by atoms with Crippen LogP contribution in [0.1, 0.15) is 57.7 Å². The Kier molecular flexibility index (Phi) is 4.00. The second-order valence-electron chi connectivity index (χ2n) is 5.48. The zero-order chi connectivity index (χ0) is 15.5. The molecule has 0 bridgehead atoms. The largest absolute Gasteiger partial charge is 0.345 e. The number of carbonyl (C=O) groups is 2. The van der Waals surface area contributed by atoms with Crippen molar-refractivity contribution in [3.63, 3.8) is 0 Å². The molecule has 1 heterocycles. The second kappa shape index (κ2) is 6.10. The number of carbonyl (C=O) groups excluding carboxylic acids is 2. The Hall–Kier alpha value is -2.49. The lowest BCUT2D eigenvalue weighted by molar-refractivity contribution is 0.0934. The van der Waals surface area contributed by atoms with E-state index in [2.05, 4.69) is 10.3 Å². The van der Waals surface area contributed by atoms with Crippen molar-refractivity contribution in [2.24, 2.45) is 0 Å². The number of hydrogen-bond donors (Lipinski definition) is 1. The van der Waals surface area contributed by atoms with E-state index in [-0.39, 0.29) is 17.7 Å². The highest BCUT2D eigenvalue weighted by atomic mass is 16.1. The van der Waals surface area contributed by atoms with Crippen molar-refractivity contribution in [1.29, 1.82) is 0 Å². The molecular formula is C18H18N2O2. The van der Waals surface area contributed by atoms with Gasteiger partial charge in [0.15, 0.2) is 5.78 Å². The molecule has 0 fully saturated rings. The molecule has 1 N–H and O–H groups in total. The predicted molar refractivity (Wildman–Crippen MR) is 83.8 cm³/mol. The van der Waals surface area contributed by atoms with Crippen molar-refractivity contribution in [3.8, 4) is 0 Å². The van der Waals surface area contributed by atoms with Crippen LogP contribution in [0.2, 0.25) is 0 Å². The van der Waals surface area contributed by atoms with Crippen LogP contribution in [-0.4, -0.2) is 16.7 Å². The number of amides is 1. The van der Waals surface area contributed by atoms with Gasteiger partial charge in [0.1, 0.15) is 0 Å². The topological polar surface area (TPSA) is 59.1 Å². The summed E-state index contributed by atoms with van der Waals surface area (Å²) in [6, 6.07) is 9.13. The first-order chi connectivity index (χ1) is 10.7. The van der Waals surface area contributed by atoms with Gasteiger partial charge < -0.3 is 5.32 Å². The van der Waals surface area contributed by atoms with E-state index in [0.717, 1.165) is 17.5 Å². The maximum absolute atomic E-state index is 12.6. The summed E-state index contributed by atoms with van der Waals surface area (Å²) in [5.74, 6) is 0.00574. The summed E-state index contributed by atoms with van der Waals surface area (Å²) in [6.07, 6.45) is 5.42. The maximum atomic E-state index is 12.6. The van der Waals surface area contributed by atoms with Gasteiger partial charge in [0.05, 0.1) is 6.04 Å². The van der Waals surface area contributed by atoms with Gasteiger partial charge in [-0.2, -0.15) is 0 Å². The van der Waals surface area contributed by atoms with Crippen molar-refractivity contribution in [2.75, 3.05) is 0 Å². The van der Waals surface area contributed by atoms with Gasteiger partial charge in [-0.25, -0.2) is 0 Å². The summed E-state index contributed by atoms with van der Waals surface area (Å²) in [5.41, 5.74) is 3.18. The van der Waals surface area contributed by atoms with Crippen molar-refractivity contribution in [3.05, 3.63) is 65.0 Å². The minimum Gasteiger partial charge on any atom is -0.345 e. The molecule has 4 nitrogen and oxygen atoms in total. The zero-order valence-electron chi connectivity index (χ0n) is 12.5. The molecule has 1 aromatic carbocycles. The van der Waals surface area contributed by atoms with Gasteiger partial charge in [0.25, 0.3) is 5.91 Å². The molecule has 112 valence electrons. The van der Waals surface area contributed by atoms with E-state index in [1.807, 2.05) is 19.1 Å². The molecule has 0 aliphatic heterocycles. The van der Waals surface area contributed by atoms with Crippen molar-refractivity contribution < 1.29 is 9.59 Å². The van der Waals surface area contributed by atoms with Gasteiger partial charge >= 0.3 is 0 Å². The van der Waals surface area contributed by atoms with Gasteiger partial charge in [-0.15, -0.1) is 0 Å². The van der Waals surface area contributed by atoms with Crippen LogP contribution in [0, 0.1) is 0 Å². The first-order valence-electron chi connectivity index (χ1n) is 7.56. The number of ketones is 1. The maximum Gasteiger partial charge on any atom is 0.252 e. The standard InChI is InChI=1S/C18H18N2O2/c1-2-16(12-5-4-10-19-11-12)20-18(22)15-7-3-6-14-13(15)8-9-17(14)21/h3-7,10-11,16H,2,8-9H2,1H3,(H,20,22). The van der Waals surface area contributed by atoms with Crippen LogP contribution in [0.15, 0.2) is 42.7 Å². The number of nitrogens with one attached hydrogen (secondary N) is 1. The molecule has 2 aromatic rings. The van der Waals surface area contributed by atoms with Gasteiger partial charge in [-0.05, 0) is 36.1 Å². The van der Waals surface area contributed by atoms with Crippen LogP contribution >= 0.6 is 0 Å². The third kappa shape index (κ3) is 2.64. The van der Waals surface area contributed by atoms with Crippen molar-refractivity contribution >= 4 is 11.7 Å². The Bertz CT molecular complexity index is 710. The molecule has 1 amide bonds. The van der Waals surface area contributed by atoms with E-state index in [1.165, 1.54) is 0 Å². The SMILES string of the molecule is CCC(NC(=O)c1cccc2c1CCC2=O)c1cccnc1. The lowest BCUT2D eigenvalue weighted by Crippen LogP contribution is -2.29. The lowest BCUT2D eigenvalue weighted by atomic mass is 10.0. The fourth-order valence-corrected chi connectivity index (χ4v) is 2.94. The Labute approximate surface area is 129 Å². The number of hydrogen-bond acceptors (Lipinski definition) is 3. The molecule has 1 unspecified atom stereocenters. The molecule has 3 rings (SSSR count). The number of aromatic nitrogens is 1.